The summed E-state index contributed by atoms with van der Waals surface area (Å²) in [4.78, 5) is 5.68. The van der Waals surface area contributed by atoms with Gasteiger partial charge in [-0.1, -0.05) is 6.07 Å². The Morgan fingerprint density at radius 1 is 1.26 bits per heavy atom. The minimum absolute atomic E-state index is 0.294. The van der Waals surface area contributed by atoms with E-state index in [1.807, 2.05) is 31.4 Å². The minimum Gasteiger partial charge on any atom is -0.493 e. The number of aromatic nitrogens is 1. The highest BCUT2D eigenvalue weighted by molar-refractivity contribution is 7.15. The first-order valence-corrected chi connectivity index (χ1v) is 6.87. The Morgan fingerprint density at radius 3 is 2.68 bits per heavy atom. The fourth-order valence-electron chi connectivity index (χ4n) is 1.81. The summed E-state index contributed by atoms with van der Waals surface area (Å²) in [7, 11) is 5.22. The first-order chi connectivity index (χ1) is 9.21. The highest BCUT2D eigenvalue weighted by Gasteiger charge is 2.15. The highest BCUT2D eigenvalue weighted by Crippen LogP contribution is 2.40. The molecule has 1 unspecified atom stereocenters. The largest absolute Gasteiger partial charge is 0.493 e. The van der Waals surface area contributed by atoms with E-state index < -0.39 is 0 Å². The summed E-state index contributed by atoms with van der Waals surface area (Å²) in [6.45, 7) is 2.11. The molecule has 0 radical (unpaired) electrons. The van der Waals surface area contributed by atoms with E-state index in [4.69, 9.17) is 9.47 Å². The molecule has 1 heterocycles. The Balaban J connectivity index is 2.44. The number of methoxy groups -OCH3 is 2. The van der Waals surface area contributed by atoms with Crippen molar-refractivity contribution >= 4 is 11.3 Å². The van der Waals surface area contributed by atoms with Crippen LogP contribution in [0.5, 0.6) is 11.5 Å². The number of nitrogens with one attached hydrogen (secondary N) is 1. The molecule has 4 nitrogen and oxygen atoms in total. The molecule has 0 saturated heterocycles. The van der Waals surface area contributed by atoms with Crippen molar-refractivity contribution < 1.29 is 9.47 Å². The molecule has 0 fully saturated rings. The Morgan fingerprint density at radius 2 is 2.05 bits per heavy atom. The van der Waals surface area contributed by atoms with Crippen molar-refractivity contribution in [2.24, 2.45) is 0 Å². The molecule has 19 heavy (non-hydrogen) atoms. The van der Waals surface area contributed by atoms with Crippen LogP contribution in [0.2, 0.25) is 0 Å². The monoisotopic (exact) mass is 278 g/mol. The molecule has 0 aliphatic heterocycles. The first kappa shape index (κ1) is 13.8. The summed E-state index contributed by atoms with van der Waals surface area (Å²) in [5.41, 5.74) is 0.960. The van der Waals surface area contributed by atoms with Crippen LogP contribution in [-0.4, -0.2) is 26.3 Å². The normalized spacial score (nSPS) is 12.2. The van der Waals surface area contributed by atoms with E-state index in [-0.39, 0.29) is 0 Å². The van der Waals surface area contributed by atoms with Crippen LogP contribution in [0, 0.1) is 0 Å². The SMILES string of the molecule is CNC(C)c1cnc(-c2cccc(OC)c2OC)s1. The number of para-hydroxylation sites is 1. The van der Waals surface area contributed by atoms with Gasteiger partial charge in [-0.25, -0.2) is 4.98 Å². The zero-order valence-electron chi connectivity index (χ0n) is 11.6. The average molecular weight is 278 g/mol. The number of nitrogens with zero attached hydrogens (tertiary/aromatic N) is 1. The van der Waals surface area contributed by atoms with Crippen molar-refractivity contribution in [3.05, 3.63) is 29.3 Å². The fraction of sp³-hybridized carbons (Fsp3) is 0.357. The van der Waals surface area contributed by atoms with Crippen LogP contribution in [0.3, 0.4) is 0 Å². The van der Waals surface area contributed by atoms with E-state index in [1.165, 1.54) is 4.88 Å². The molecule has 0 bridgehead atoms. The van der Waals surface area contributed by atoms with Gasteiger partial charge in [0.05, 0.1) is 19.8 Å². The topological polar surface area (TPSA) is 43.4 Å². The summed E-state index contributed by atoms with van der Waals surface area (Å²) in [5, 5.41) is 4.15. The van der Waals surface area contributed by atoms with Crippen molar-refractivity contribution in [2.45, 2.75) is 13.0 Å². The molecule has 102 valence electrons. The summed E-state index contributed by atoms with van der Waals surface area (Å²) < 4.78 is 10.8. The molecule has 1 aromatic heterocycles. The second-order valence-electron chi connectivity index (χ2n) is 4.12. The molecular weight excluding hydrogens is 260 g/mol. The van der Waals surface area contributed by atoms with Gasteiger partial charge < -0.3 is 14.8 Å². The molecule has 1 aromatic carbocycles. The van der Waals surface area contributed by atoms with Gasteiger partial charge in [0.2, 0.25) is 0 Å². The standard InChI is InChI=1S/C14H18N2O2S/c1-9(15-2)12-8-16-14(19-12)10-6-5-7-11(17-3)13(10)18-4/h5-9,15H,1-4H3. The Hall–Kier alpha value is -1.59. The van der Waals surface area contributed by atoms with Crippen molar-refractivity contribution in [3.63, 3.8) is 0 Å². The van der Waals surface area contributed by atoms with Gasteiger partial charge in [-0.2, -0.15) is 0 Å². The molecule has 1 atom stereocenters. The Labute approximate surface area is 117 Å². The average Bonchev–Trinajstić information content (AvgIpc) is 2.95. The van der Waals surface area contributed by atoms with Gasteiger partial charge in [-0.05, 0) is 26.1 Å². The quantitative estimate of drug-likeness (QED) is 0.912. The zero-order valence-corrected chi connectivity index (χ0v) is 12.4. The Kier molecular flexibility index (Phi) is 4.39. The lowest BCUT2D eigenvalue weighted by Gasteiger charge is -2.10. The van der Waals surface area contributed by atoms with E-state index in [1.54, 1.807) is 25.6 Å². The number of hydrogen-bond donors (Lipinski definition) is 1. The summed E-state index contributed by atoms with van der Waals surface area (Å²) in [6, 6.07) is 6.11. The maximum Gasteiger partial charge on any atom is 0.170 e. The summed E-state index contributed by atoms with van der Waals surface area (Å²) in [6.07, 6.45) is 1.90. The van der Waals surface area contributed by atoms with Crippen LogP contribution >= 0.6 is 11.3 Å². The molecular formula is C14H18N2O2S. The fourth-order valence-corrected chi connectivity index (χ4v) is 2.81. The molecule has 0 saturated carbocycles. The van der Waals surface area contributed by atoms with Crippen LogP contribution in [0.15, 0.2) is 24.4 Å². The molecule has 1 N–H and O–H groups in total. The maximum atomic E-state index is 5.44. The molecule has 0 amide bonds. The Bertz CT molecular complexity index is 554. The van der Waals surface area contributed by atoms with E-state index in [0.29, 0.717) is 6.04 Å². The predicted octanol–water partition coefficient (Wildman–Crippen LogP) is 3.11. The third-order valence-electron chi connectivity index (χ3n) is 3.02. The van der Waals surface area contributed by atoms with Gasteiger partial charge in [-0.3, -0.25) is 0 Å². The predicted molar refractivity (Wildman–Crippen MR) is 78.1 cm³/mol. The summed E-state index contributed by atoms with van der Waals surface area (Å²) in [5.74, 6) is 1.45. The number of ether oxygens (including phenoxy) is 2. The number of rotatable bonds is 5. The zero-order chi connectivity index (χ0) is 13.8. The van der Waals surface area contributed by atoms with Crippen molar-refractivity contribution in [3.8, 4) is 22.1 Å². The molecule has 0 aliphatic rings. The number of hydrogen-bond acceptors (Lipinski definition) is 5. The van der Waals surface area contributed by atoms with E-state index in [0.717, 1.165) is 22.1 Å². The number of benzene rings is 1. The van der Waals surface area contributed by atoms with Crippen LogP contribution in [0.1, 0.15) is 17.8 Å². The molecule has 0 aliphatic carbocycles. The van der Waals surface area contributed by atoms with Crippen molar-refractivity contribution in [2.75, 3.05) is 21.3 Å². The van der Waals surface area contributed by atoms with E-state index in [9.17, 15) is 0 Å². The third kappa shape index (κ3) is 2.72. The minimum atomic E-state index is 0.294. The lowest BCUT2D eigenvalue weighted by atomic mass is 10.2. The maximum absolute atomic E-state index is 5.44. The van der Waals surface area contributed by atoms with Gasteiger partial charge in [0.15, 0.2) is 11.5 Å². The third-order valence-corrected chi connectivity index (χ3v) is 4.23. The van der Waals surface area contributed by atoms with Crippen LogP contribution in [0.4, 0.5) is 0 Å². The van der Waals surface area contributed by atoms with E-state index >= 15 is 0 Å². The lowest BCUT2D eigenvalue weighted by Crippen LogP contribution is -2.10. The second kappa shape index (κ2) is 6.04. The van der Waals surface area contributed by atoms with Gasteiger partial charge in [-0.15, -0.1) is 11.3 Å². The number of thiazole rings is 1. The van der Waals surface area contributed by atoms with E-state index in [2.05, 4.69) is 17.2 Å². The van der Waals surface area contributed by atoms with Gasteiger partial charge >= 0.3 is 0 Å². The highest BCUT2D eigenvalue weighted by atomic mass is 32.1. The molecule has 0 spiro atoms. The van der Waals surface area contributed by atoms with Gasteiger partial charge in [0.1, 0.15) is 5.01 Å². The smallest absolute Gasteiger partial charge is 0.170 e. The van der Waals surface area contributed by atoms with Crippen LogP contribution < -0.4 is 14.8 Å². The first-order valence-electron chi connectivity index (χ1n) is 6.05. The molecule has 2 rings (SSSR count). The second-order valence-corrected chi connectivity index (χ2v) is 5.18. The summed E-state index contributed by atoms with van der Waals surface area (Å²) >= 11 is 1.66. The molecule has 5 heteroatoms. The molecule has 2 aromatic rings. The van der Waals surface area contributed by atoms with Crippen LogP contribution in [0.25, 0.3) is 10.6 Å². The van der Waals surface area contributed by atoms with Crippen molar-refractivity contribution in [1.29, 1.82) is 0 Å². The van der Waals surface area contributed by atoms with Gasteiger partial charge in [0, 0.05) is 17.1 Å². The van der Waals surface area contributed by atoms with Crippen LogP contribution in [-0.2, 0) is 0 Å². The van der Waals surface area contributed by atoms with Crippen molar-refractivity contribution in [1.82, 2.24) is 10.3 Å². The lowest BCUT2D eigenvalue weighted by molar-refractivity contribution is 0.356. The van der Waals surface area contributed by atoms with Gasteiger partial charge in [0.25, 0.3) is 0 Å².